The van der Waals surface area contributed by atoms with Crippen LogP contribution >= 0.6 is 0 Å². The van der Waals surface area contributed by atoms with Crippen LogP contribution in [0.15, 0.2) is 0 Å². The van der Waals surface area contributed by atoms with Crippen LogP contribution in [0.5, 0.6) is 0 Å². The highest BCUT2D eigenvalue weighted by atomic mass is 16.9. The highest BCUT2D eigenvalue weighted by Crippen LogP contribution is 2.47. The monoisotopic (exact) mass is 935 g/mol. The van der Waals surface area contributed by atoms with Crippen molar-refractivity contribution >= 4 is 5.97 Å². The summed E-state index contributed by atoms with van der Waals surface area (Å²) in [5, 5.41) is 5.31. The maximum absolute atomic E-state index is 11.4. The number of methoxy groups -OCH3 is 1. The standard InChI is InChI=1S/C46H76O19/c1-23-18-36(62-41-25(3)39-32(20-52-28(6)56-39)59-44(41)50-17-15-13-11-10-12-14-16-35(47)49-9)61-34-22-54-30(8)64-46(23,34)65-45-42(26(4)40-33(60-45)21-53-29(7)57-40)63-43-37(48)24(2)38-31(58-43)19-51-27(5)55-38/h23-34,36-45,48H,10-22H2,1-9H3/t23-,24-,25+,26+,27?,28?,29?,30?,31?,32?,33?,34?,36+,37?,38-,39-,40-,41?,42?,43+,44?,45+,46-/m1/s1/i48T. The van der Waals surface area contributed by atoms with Crippen molar-refractivity contribution in [1.29, 1.82) is 1.43 Å². The minimum Gasteiger partial charge on any atom is -0.469 e. The molecule has 23 atom stereocenters. The van der Waals surface area contributed by atoms with Crippen LogP contribution in [-0.4, -0.2) is 170 Å². The molecule has 374 valence electrons. The molecule has 8 rings (SSSR count). The van der Waals surface area contributed by atoms with Crippen LogP contribution in [0.25, 0.3) is 0 Å². The summed E-state index contributed by atoms with van der Waals surface area (Å²) in [4.78, 5) is 11.4. The normalized spacial score (nSPS) is 49.1. The highest BCUT2D eigenvalue weighted by Gasteiger charge is 2.61. The third kappa shape index (κ3) is 11.4. The molecule has 8 aliphatic heterocycles. The second-order valence-electron chi connectivity index (χ2n) is 19.2. The fourth-order valence-corrected chi connectivity index (χ4v) is 10.7. The molecule has 0 radical (unpaired) electrons. The Morgan fingerprint density at radius 2 is 1.15 bits per heavy atom. The van der Waals surface area contributed by atoms with Crippen LogP contribution in [0, 0.1) is 23.7 Å². The molecule has 8 fully saturated rings. The number of hydrogen-bond donors (Lipinski definition) is 1. The van der Waals surface area contributed by atoms with Crippen molar-refractivity contribution in [3.05, 3.63) is 0 Å². The smallest absolute Gasteiger partial charge is 0.305 e. The minimum atomic E-state index is -1.37. The number of carbonyl (C=O) groups is 1. The van der Waals surface area contributed by atoms with Gasteiger partial charge in [0.15, 0.2) is 50.3 Å². The van der Waals surface area contributed by atoms with E-state index in [1.807, 2.05) is 48.5 Å². The van der Waals surface area contributed by atoms with Crippen LogP contribution < -0.4 is 0 Å². The predicted molar refractivity (Wildman–Crippen MR) is 223 cm³/mol. The van der Waals surface area contributed by atoms with Gasteiger partial charge in [0.25, 0.3) is 0 Å². The van der Waals surface area contributed by atoms with Gasteiger partial charge < -0.3 is 85.6 Å². The molecule has 0 aromatic heterocycles. The lowest BCUT2D eigenvalue weighted by atomic mass is 9.86. The lowest BCUT2D eigenvalue weighted by Crippen LogP contribution is -2.69. The van der Waals surface area contributed by atoms with Gasteiger partial charge >= 0.3 is 5.97 Å². The lowest BCUT2D eigenvalue weighted by Gasteiger charge is -2.57. The zero-order chi connectivity index (χ0) is 46.7. The number of rotatable bonds is 17. The number of unbranched alkanes of at least 4 members (excludes halogenated alkanes) is 5. The van der Waals surface area contributed by atoms with Crippen molar-refractivity contribution in [3.8, 4) is 0 Å². The van der Waals surface area contributed by atoms with Crippen LogP contribution in [-0.2, 0) is 85.3 Å². The molecular formula is C46H76O19. The molecule has 8 aliphatic rings. The molecule has 19 heteroatoms. The van der Waals surface area contributed by atoms with Gasteiger partial charge in [-0.25, -0.2) is 0 Å². The first-order valence-electron chi connectivity index (χ1n) is 24.7. The van der Waals surface area contributed by atoms with Crippen molar-refractivity contribution in [2.45, 2.75) is 224 Å². The van der Waals surface area contributed by atoms with Crippen molar-refractivity contribution < 1.29 is 90.4 Å². The van der Waals surface area contributed by atoms with Crippen LogP contribution in [0.2, 0.25) is 0 Å². The van der Waals surface area contributed by atoms with Gasteiger partial charge in [-0.1, -0.05) is 53.4 Å². The summed E-state index contributed by atoms with van der Waals surface area (Å²) in [6.07, 6.45) is -3.91. The number of esters is 1. The van der Waals surface area contributed by atoms with Crippen LogP contribution in [0.4, 0.5) is 0 Å². The Hall–Kier alpha value is -1.21. The molecule has 0 saturated carbocycles. The Kier molecular flexibility index (Phi) is 16.7. The Morgan fingerprint density at radius 1 is 0.615 bits per heavy atom. The molecule has 8 saturated heterocycles. The lowest BCUT2D eigenvalue weighted by molar-refractivity contribution is -0.482. The zero-order valence-corrected chi connectivity index (χ0v) is 39.7. The fourth-order valence-electron chi connectivity index (χ4n) is 10.7. The van der Waals surface area contributed by atoms with E-state index in [1.165, 1.54) is 7.11 Å². The quantitative estimate of drug-likeness (QED) is 0.160. The van der Waals surface area contributed by atoms with Gasteiger partial charge in [0.1, 0.15) is 42.7 Å². The number of fused-ring (bicyclic) bond motifs is 4. The number of ether oxygens (including phenoxy) is 17. The predicted octanol–water partition coefficient (Wildman–Crippen LogP) is 4.26. The number of aliphatic hydroxyl groups excluding tert-OH is 1. The maximum atomic E-state index is 11.4. The van der Waals surface area contributed by atoms with E-state index in [9.17, 15) is 4.79 Å². The number of hydrogen-bond acceptors (Lipinski definition) is 19. The van der Waals surface area contributed by atoms with E-state index in [0.29, 0.717) is 32.7 Å². The Labute approximate surface area is 384 Å². The molecule has 8 heterocycles. The summed E-state index contributed by atoms with van der Waals surface area (Å²) < 4.78 is 116. The van der Waals surface area contributed by atoms with Gasteiger partial charge in [0, 0.05) is 43.1 Å². The van der Waals surface area contributed by atoms with E-state index >= 15 is 0 Å². The average Bonchev–Trinajstić information content (AvgIpc) is 3.29. The van der Waals surface area contributed by atoms with E-state index in [0.717, 1.165) is 38.5 Å². The molecule has 0 aromatic rings. The molecular weight excluding hydrogens is 856 g/mol. The third-order valence-corrected chi connectivity index (χ3v) is 14.5. The molecule has 12 unspecified atom stereocenters. The van der Waals surface area contributed by atoms with E-state index in [2.05, 4.69) is 6.92 Å². The molecule has 1 N–H and O–H groups in total. The van der Waals surface area contributed by atoms with Gasteiger partial charge in [0.05, 0.1) is 51.8 Å². The van der Waals surface area contributed by atoms with Crippen LogP contribution in [0.1, 0.15) is 107 Å². The topological polar surface area (TPSA) is 194 Å². The van der Waals surface area contributed by atoms with E-state index < -0.39 is 92.5 Å². The summed E-state index contributed by atoms with van der Waals surface area (Å²) in [5.74, 6) is -2.55. The first kappa shape index (κ1) is 48.8. The Balaban J connectivity index is 0.964. The van der Waals surface area contributed by atoms with Gasteiger partial charge in [-0.05, 0) is 40.5 Å². The second-order valence-corrected chi connectivity index (χ2v) is 19.2. The molecule has 0 aliphatic carbocycles. The second kappa shape index (κ2) is 22.3. The molecule has 65 heavy (non-hydrogen) atoms. The average molecular weight is 935 g/mol. The Bertz CT molecular complexity index is 1540. The zero-order valence-electron chi connectivity index (χ0n) is 40.7. The molecule has 0 spiro atoms. The Morgan fingerprint density at radius 3 is 1.77 bits per heavy atom. The summed E-state index contributed by atoms with van der Waals surface area (Å²) in [7, 11) is 1.42. The molecule has 0 aromatic carbocycles. The van der Waals surface area contributed by atoms with E-state index in [-0.39, 0.29) is 67.5 Å². The minimum absolute atomic E-state index is 0.132. The van der Waals surface area contributed by atoms with Crippen LogP contribution in [0.3, 0.4) is 0 Å². The summed E-state index contributed by atoms with van der Waals surface area (Å²) in [5.41, 5.74) is 0. The van der Waals surface area contributed by atoms with E-state index in [1.54, 1.807) is 0 Å². The van der Waals surface area contributed by atoms with Crippen molar-refractivity contribution in [2.75, 3.05) is 40.1 Å². The number of aliphatic hydroxyl groups is 1. The number of carbonyl (C=O) groups excluding carboxylic acids is 1. The van der Waals surface area contributed by atoms with E-state index in [4.69, 9.17) is 87.1 Å². The van der Waals surface area contributed by atoms with Crippen molar-refractivity contribution in [3.63, 3.8) is 0 Å². The molecule has 19 nitrogen and oxygen atoms in total. The highest BCUT2D eigenvalue weighted by molar-refractivity contribution is 5.68. The van der Waals surface area contributed by atoms with Crippen molar-refractivity contribution in [1.82, 2.24) is 0 Å². The van der Waals surface area contributed by atoms with Gasteiger partial charge in [-0.2, -0.15) is 0 Å². The third-order valence-electron chi connectivity index (χ3n) is 14.5. The van der Waals surface area contributed by atoms with Gasteiger partial charge in [0.2, 0.25) is 7.22 Å². The summed E-state index contributed by atoms with van der Waals surface area (Å²) >= 11 is 0. The SMILES string of the molecule is [3H]OC1[C@H](OC2[C@H](O[C@@]34OC(C)OCC3O[C@@H](OC3C(OCCCCCCCCC(=O)OC)OC5COC(C)O[C@@H]5[C@@H]3C)C[C@H]4C)OC3COC(C)O[C@@H]3[C@@H]2C)OC2COC(C)O[C@@H]2[C@@H]1C. The molecule has 0 amide bonds. The maximum Gasteiger partial charge on any atom is 0.305 e. The first-order valence-corrected chi connectivity index (χ1v) is 24.3. The fraction of sp³-hybridized carbons (Fsp3) is 0.978. The molecule has 0 bridgehead atoms. The summed E-state index contributed by atoms with van der Waals surface area (Å²) in [6.45, 7) is 17.1. The summed E-state index contributed by atoms with van der Waals surface area (Å²) in [6, 6.07) is 0. The van der Waals surface area contributed by atoms with Gasteiger partial charge in [-0.15, -0.1) is 0 Å². The largest absolute Gasteiger partial charge is 0.469 e. The van der Waals surface area contributed by atoms with Gasteiger partial charge in [-0.3, -0.25) is 4.79 Å². The van der Waals surface area contributed by atoms with Crippen molar-refractivity contribution in [2.24, 2.45) is 23.7 Å². The first-order chi connectivity index (χ1) is 31.8.